The number of benzene rings is 2. The Morgan fingerprint density at radius 2 is 1.69 bits per heavy atom. The fourth-order valence-corrected chi connectivity index (χ4v) is 3.20. The van der Waals surface area contributed by atoms with Crippen molar-refractivity contribution < 1.29 is 14.3 Å². The number of rotatable bonds is 10. The standard InChI is InChI=1S/C24H32N2O3/c1-5-18(3)25-24(28)22(6-2)26(17-20-13-10-14-21(15-20)29-4)23(27)16-19-11-8-7-9-12-19/h7-15,18,22H,5-6,16-17H2,1-4H3,(H,25,28)/t18-,22+/m1/s1. The molecule has 5 heteroatoms. The summed E-state index contributed by atoms with van der Waals surface area (Å²) in [5.74, 6) is 0.561. The third-order valence-corrected chi connectivity index (χ3v) is 5.07. The van der Waals surface area contributed by atoms with Gasteiger partial charge < -0.3 is 15.0 Å². The van der Waals surface area contributed by atoms with E-state index in [2.05, 4.69) is 5.32 Å². The molecule has 0 unspecified atom stereocenters. The smallest absolute Gasteiger partial charge is 0.243 e. The van der Waals surface area contributed by atoms with Gasteiger partial charge >= 0.3 is 0 Å². The van der Waals surface area contributed by atoms with E-state index in [0.717, 1.165) is 23.3 Å². The Morgan fingerprint density at radius 3 is 2.31 bits per heavy atom. The third-order valence-electron chi connectivity index (χ3n) is 5.07. The van der Waals surface area contributed by atoms with E-state index in [9.17, 15) is 9.59 Å². The summed E-state index contributed by atoms with van der Waals surface area (Å²) in [7, 11) is 1.62. The predicted molar refractivity (Wildman–Crippen MR) is 116 cm³/mol. The second kappa shape index (κ2) is 11.2. The number of amides is 2. The van der Waals surface area contributed by atoms with Gasteiger partial charge in [-0.3, -0.25) is 9.59 Å². The lowest BCUT2D eigenvalue weighted by Crippen LogP contribution is -2.51. The topological polar surface area (TPSA) is 58.6 Å². The minimum atomic E-state index is -0.522. The molecule has 0 aromatic heterocycles. The van der Waals surface area contributed by atoms with Crippen molar-refractivity contribution in [1.29, 1.82) is 0 Å². The molecule has 29 heavy (non-hydrogen) atoms. The van der Waals surface area contributed by atoms with Crippen LogP contribution in [0.25, 0.3) is 0 Å². The van der Waals surface area contributed by atoms with Gasteiger partial charge in [0, 0.05) is 12.6 Å². The number of nitrogens with zero attached hydrogens (tertiary/aromatic N) is 1. The fourth-order valence-electron chi connectivity index (χ4n) is 3.20. The summed E-state index contributed by atoms with van der Waals surface area (Å²) in [5, 5.41) is 3.03. The molecule has 0 bridgehead atoms. The zero-order valence-electron chi connectivity index (χ0n) is 17.9. The molecule has 2 atom stereocenters. The summed E-state index contributed by atoms with van der Waals surface area (Å²) in [4.78, 5) is 27.9. The fraction of sp³-hybridized carbons (Fsp3) is 0.417. The Balaban J connectivity index is 2.29. The molecule has 0 saturated carbocycles. The highest BCUT2D eigenvalue weighted by Gasteiger charge is 2.29. The molecule has 2 rings (SSSR count). The number of hydrogen-bond acceptors (Lipinski definition) is 3. The monoisotopic (exact) mass is 396 g/mol. The van der Waals surface area contributed by atoms with Gasteiger partial charge in [-0.05, 0) is 43.0 Å². The summed E-state index contributed by atoms with van der Waals surface area (Å²) >= 11 is 0. The zero-order valence-corrected chi connectivity index (χ0v) is 17.9. The molecular formula is C24H32N2O3. The molecule has 5 nitrogen and oxygen atoms in total. The summed E-state index contributed by atoms with van der Waals surface area (Å²) in [6, 6.07) is 16.8. The minimum absolute atomic E-state index is 0.0647. The highest BCUT2D eigenvalue weighted by Crippen LogP contribution is 2.18. The van der Waals surface area contributed by atoms with Gasteiger partial charge in [0.1, 0.15) is 11.8 Å². The van der Waals surface area contributed by atoms with E-state index in [4.69, 9.17) is 4.74 Å². The Hall–Kier alpha value is -2.82. The lowest BCUT2D eigenvalue weighted by Gasteiger charge is -2.31. The number of carbonyl (C=O) groups excluding carboxylic acids is 2. The number of hydrogen-bond donors (Lipinski definition) is 1. The first-order valence-electron chi connectivity index (χ1n) is 10.2. The second-order valence-corrected chi connectivity index (χ2v) is 7.28. The van der Waals surface area contributed by atoms with Crippen molar-refractivity contribution in [2.75, 3.05) is 7.11 Å². The van der Waals surface area contributed by atoms with Crippen LogP contribution < -0.4 is 10.1 Å². The van der Waals surface area contributed by atoms with Gasteiger partial charge in [-0.1, -0.05) is 56.3 Å². The van der Waals surface area contributed by atoms with Gasteiger partial charge in [0.15, 0.2) is 0 Å². The Kier molecular flexibility index (Phi) is 8.71. The first-order valence-corrected chi connectivity index (χ1v) is 10.2. The lowest BCUT2D eigenvalue weighted by molar-refractivity contribution is -0.141. The summed E-state index contributed by atoms with van der Waals surface area (Å²) < 4.78 is 5.31. The van der Waals surface area contributed by atoms with E-state index in [1.807, 2.05) is 75.4 Å². The number of nitrogens with one attached hydrogen (secondary N) is 1. The Morgan fingerprint density at radius 1 is 1.00 bits per heavy atom. The molecule has 2 aromatic rings. The van der Waals surface area contributed by atoms with Crippen LogP contribution in [0, 0.1) is 0 Å². The minimum Gasteiger partial charge on any atom is -0.497 e. The van der Waals surface area contributed by atoms with Crippen LogP contribution in [0.4, 0.5) is 0 Å². The van der Waals surface area contributed by atoms with Crippen molar-refractivity contribution in [3.63, 3.8) is 0 Å². The molecule has 0 fully saturated rings. The molecule has 0 aliphatic carbocycles. The van der Waals surface area contributed by atoms with Crippen molar-refractivity contribution in [2.45, 2.75) is 58.7 Å². The van der Waals surface area contributed by atoms with E-state index >= 15 is 0 Å². The lowest BCUT2D eigenvalue weighted by atomic mass is 10.1. The molecule has 156 valence electrons. The maximum Gasteiger partial charge on any atom is 0.243 e. The first-order chi connectivity index (χ1) is 14.0. The third kappa shape index (κ3) is 6.63. The van der Waals surface area contributed by atoms with E-state index in [1.54, 1.807) is 12.0 Å². The number of methoxy groups -OCH3 is 1. The van der Waals surface area contributed by atoms with E-state index in [0.29, 0.717) is 13.0 Å². The van der Waals surface area contributed by atoms with Crippen molar-refractivity contribution in [3.8, 4) is 5.75 Å². The van der Waals surface area contributed by atoms with Crippen LogP contribution in [0.2, 0.25) is 0 Å². The van der Waals surface area contributed by atoms with Crippen LogP contribution in [0.15, 0.2) is 54.6 Å². The van der Waals surface area contributed by atoms with Crippen LogP contribution in [0.3, 0.4) is 0 Å². The molecular weight excluding hydrogens is 364 g/mol. The SMILES string of the molecule is CC[C@@H](C)NC(=O)[C@H](CC)N(Cc1cccc(OC)c1)C(=O)Cc1ccccc1. The maximum atomic E-state index is 13.2. The highest BCUT2D eigenvalue weighted by molar-refractivity contribution is 5.88. The molecule has 1 N–H and O–H groups in total. The van der Waals surface area contributed by atoms with Gasteiger partial charge in [0.05, 0.1) is 13.5 Å². The van der Waals surface area contributed by atoms with Crippen LogP contribution in [-0.2, 0) is 22.6 Å². The zero-order chi connectivity index (χ0) is 21.2. The first kappa shape index (κ1) is 22.5. The second-order valence-electron chi connectivity index (χ2n) is 7.28. The number of carbonyl (C=O) groups is 2. The van der Waals surface area contributed by atoms with Gasteiger partial charge in [-0.2, -0.15) is 0 Å². The van der Waals surface area contributed by atoms with Crippen LogP contribution in [0.1, 0.15) is 44.7 Å². The average Bonchev–Trinajstić information content (AvgIpc) is 2.74. The summed E-state index contributed by atoms with van der Waals surface area (Å²) in [6.07, 6.45) is 1.65. The van der Waals surface area contributed by atoms with E-state index in [-0.39, 0.29) is 24.3 Å². The molecule has 0 heterocycles. The van der Waals surface area contributed by atoms with Crippen molar-refractivity contribution >= 4 is 11.8 Å². The molecule has 0 radical (unpaired) electrons. The molecule has 2 aromatic carbocycles. The van der Waals surface area contributed by atoms with Crippen LogP contribution in [-0.4, -0.2) is 35.9 Å². The highest BCUT2D eigenvalue weighted by atomic mass is 16.5. The van der Waals surface area contributed by atoms with Crippen molar-refractivity contribution in [1.82, 2.24) is 10.2 Å². The molecule has 0 spiro atoms. The Bertz CT molecular complexity index is 792. The quantitative estimate of drug-likeness (QED) is 0.661. The van der Waals surface area contributed by atoms with Crippen LogP contribution in [0.5, 0.6) is 5.75 Å². The average molecular weight is 397 g/mol. The predicted octanol–water partition coefficient (Wildman–Crippen LogP) is 3.96. The van der Waals surface area contributed by atoms with E-state index < -0.39 is 6.04 Å². The van der Waals surface area contributed by atoms with Crippen LogP contribution >= 0.6 is 0 Å². The van der Waals surface area contributed by atoms with Gasteiger partial charge in [0.25, 0.3) is 0 Å². The summed E-state index contributed by atoms with van der Waals surface area (Å²) in [6.45, 7) is 6.30. The van der Waals surface area contributed by atoms with Crippen molar-refractivity contribution in [3.05, 3.63) is 65.7 Å². The van der Waals surface area contributed by atoms with E-state index in [1.165, 1.54) is 0 Å². The molecule has 0 aliphatic heterocycles. The molecule has 0 saturated heterocycles. The Labute approximate surface area is 174 Å². The largest absolute Gasteiger partial charge is 0.497 e. The van der Waals surface area contributed by atoms with Gasteiger partial charge in [-0.15, -0.1) is 0 Å². The molecule has 2 amide bonds. The van der Waals surface area contributed by atoms with Gasteiger partial charge in [-0.25, -0.2) is 0 Å². The maximum absolute atomic E-state index is 13.2. The summed E-state index contributed by atoms with van der Waals surface area (Å²) in [5.41, 5.74) is 1.87. The number of ether oxygens (including phenoxy) is 1. The van der Waals surface area contributed by atoms with Gasteiger partial charge in [0.2, 0.25) is 11.8 Å². The normalized spacial score (nSPS) is 12.7. The molecule has 0 aliphatic rings. The van der Waals surface area contributed by atoms with Crippen molar-refractivity contribution in [2.24, 2.45) is 0 Å².